The number of H-pyrrole nitrogens is 1. The molecule has 4 aromatic carbocycles. The number of carbonyl (C=O) groups excluding carboxylic acids is 2. The van der Waals surface area contributed by atoms with Crippen LogP contribution in [0.1, 0.15) is 43.7 Å². The standard InChI is InChI=1S/C29H23N3O2/c33-27(21-11-5-2-6-12-21)22-15-17-23(18-16-22)29(34)32-26(19-20-9-3-1-4-10-20)28-30-24-13-7-8-14-25(24)31-28/h1-18,26H,19H2,(H,30,31)(H,32,34). The van der Waals surface area contributed by atoms with Crippen molar-refractivity contribution in [1.29, 1.82) is 0 Å². The number of aromatic amines is 1. The summed E-state index contributed by atoms with van der Waals surface area (Å²) in [5, 5.41) is 3.12. The largest absolute Gasteiger partial charge is 0.342 e. The maximum Gasteiger partial charge on any atom is 0.251 e. The average molecular weight is 446 g/mol. The maximum atomic E-state index is 13.1. The fourth-order valence-electron chi connectivity index (χ4n) is 3.97. The number of amides is 1. The molecule has 34 heavy (non-hydrogen) atoms. The minimum Gasteiger partial charge on any atom is -0.342 e. The van der Waals surface area contributed by atoms with Gasteiger partial charge in [-0.2, -0.15) is 0 Å². The van der Waals surface area contributed by atoms with Gasteiger partial charge in [0.15, 0.2) is 5.78 Å². The topological polar surface area (TPSA) is 74.8 Å². The second-order valence-corrected chi connectivity index (χ2v) is 8.13. The third kappa shape index (κ3) is 4.64. The highest BCUT2D eigenvalue weighted by Gasteiger charge is 2.20. The highest BCUT2D eigenvalue weighted by atomic mass is 16.1. The third-order valence-electron chi connectivity index (χ3n) is 5.77. The number of aromatic nitrogens is 2. The Hall–Kier alpha value is -4.51. The number of para-hydroxylation sites is 2. The Kier molecular flexibility index (Phi) is 5.99. The predicted octanol–water partition coefficient (Wildman–Crippen LogP) is 5.51. The van der Waals surface area contributed by atoms with Crippen molar-refractivity contribution in [3.05, 3.63) is 137 Å². The van der Waals surface area contributed by atoms with Crippen molar-refractivity contribution in [3.8, 4) is 0 Å². The number of benzene rings is 4. The third-order valence-corrected chi connectivity index (χ3v) is 5.77. The number of rotatable bonds is 7. The first-order chi connectivity index (χ1) is 16.7. The van der Waals surface area contributed by atoms with Crippen molar-refractivity contribution in [1.82, 2.24) is 15.3 Å². The Morgan fingerprint density at radius 2 is 1.29 bits per heavy atom. The van der Waals surface area contributed by atoms with Gasteiger partial charge in [0.2, 0.25) is 0 Å². The van der Waals surface area contributed by atoms with Crippen molar-refractivity contribution in [2.45, 2.75) is 12.5 Å². The fourth-order valence-corrected chi connectivity index (χ4v) is 3.97. The van der Waals surface area contributed by atoms with Crippen LogP contribution in [0.4, 0.5) is 0 Å². The minimum absolute atomic E-state index is 0.0724. The number of imidazole rings is 1. The molecule has 0 spiro atoms. The molecule has 1 atom stereocenters. The van der Waals surface area contributed by atoms with E-state index in [1.54, 1.807) is 36.4 Å². The van der Waals surface area contributed by atoms with Crippen LogP contribution in [0.2, 0.25) is 0 Å². The molecule has 0 saturated heterocycles. The second kappa shape index (κ2) is 9.55. The first-order valence-corrected chi connectivity index (χ1v) is 11.2. The van der Waals surface area contributed by atoms with Crippen molar-refractivity contribution >= 4 is 22.7 Å². The molecular weight excluding hydrogens is 422 g/mol. The molecule has 5 rings (SSSR count). The maximum absolute atomic E-state index is 13.1. The van der Waals surface area contributed by atoms with E-state index in [9.17, 15) is 9.59 Å². The first kappa shape index (κ1) is 21.3. The Bertz CT molecular complexity index is 1390. The van der Waals surface area contributed by atoms with Gasteiger partial charge in [-0.15, -0.1) is 0 Å². The Balaban J connectivity index is 1.38. The molecule has 0 aliphatic heterocycles. The Labute approximate surface area is 197 Å². The highest BCUT2D eigenvalue weighted by molar-refractivity contribution is 6.09. The molecule has 0 fully saturated rings. The van der Waals surface area contributed by atoms with E-state index in [0.29, 0.717) is 28.9 Å². The van der Waals surface area contributed by atoms with Gasteiger partial charge in [-0.3, -0.25) is 9.59 Å². The SMILES string of the molecule is O=C(NC(Cc1ccccc1)c1nc2ccccc2[nH]1)c1ccc(C(=O)c2ccccc2)cc1. The predicted molar refractivity (Wildman–Crippen MR) is 133 cm³/mol. The highest BCUT2D eigenvalue weighted by Crippen LogP contribution is 2.21. The van der Waals surface area contributed by atoms with E-state index in [4.69, 9.17) is 4.98 Å². The lowest BCUT2D eigenvalue weighted by Crippen LogP contribution is -2.30. The number of carbonyl (C=O) groups is 2. The summed E-state index contributed by atoms with van der Waals surface area (Å²) in [6, 6.07) is 33.3. The fraction of sp³-hybridized carbons (Fsp3) is 0.0690. The molecule has 1 aromatic heterocycles. The van der Waals surface area contributed by atoms with Crippen molar-refractivity contribution in [3.63, 3.8) is 0 Å². The van der Waals surface area contributed by atoms with Gasteiger partial charge in [0.05, 0.1) is 17.1 Å². The van der Waals surface area contributed by atoms with Gasteiger partial charge >= 0.3 is 0 Å². The van der Waals surface area contributed by atoms with Crippen LogP contribution < -0.4 is 5.32 Å². The molecular formula is C29H23N3O2. The van der Waals surface area contributed by atoms with Gasteiger partial charge < -0.3 is 10.3 Å². The van der Waals surface area contributed by atoms with Crippen LogP contribution in [0.15, 0.2) is 109 Å². The number of fused-ring (bicyclic) bond motifs is 1. The summed E-state index contributed by atoms with van der Waals surface area (Å²) in [6.07, 6.45) is 0.594. The van der Waals surface area contributed by atoms with E-state index in [1.165, 1.54) is 0 Å². The first-order valence-electron chi connectivity index (χ1n) is 11.2. The lowest BCUT2D eigenvalue weighted by atomic mass is 10.0. The Morgan fingerprint density at radius 1 is 0.706 bits per heavy atom. The molecule has 0 saturated carbocycles. The van der Waals surface area contributed by atoms with Crippen molar-refractivity contribution in [2.24, 2.45) is 0 Å². The summed E-state index contributed by atoms with van der Waals surface area (Å²) in [5.41, 5.74) is 4.52. The number of nitrogens with zero attached hydrogens (tertiary/aromatic N) is 1. The second-order valence-electron chi connectivity index (χ2n) is 8.13. The van der Waals surface area contributed by atoms with Crippen LogP contribution in [0.5, 0.6) is 0 Å². The van der Waals surface area contributed by atoms with E-state index in [2.05, 4.69) is 10.3 Å². The lowest BCUT2D eigenvalue weighted by Gasteiger charge is -2.17. The molecule has 1 amide bonds. The Morgan fingerprint density at radius 3 is 2.00 bits per heavy atom. The molecule has 2 N–H and O–H groups in total. The van der Waals surface area contributed by atoms with Gasteiger partial charge in [0, 0.05) is 16.7 Å². The number of hydrogen-bond donors (Lipinski definition) is 2. The molecule has 5 aromatic rings. The molecule has 0 aliphatic carbocycles. The smallest absolute Gasteiger partial charge is 0.251 e. The summed E-state index contributed by atoms with van der Waals surface area (Å²) in [6.45, 7) is 0. The summed E-state index contributed by atoms with van der Waals surface area (Å²) < 4.78 is 0. The quantitative estimate of drug-likeness (QED) is 0.325. The lowest BCUT2D eigenvalue weighted by molar-refractivity contribution is 0.0933. The summed E-state index contributed by atoms with van der Waals surface area (Å²) >= 11 is 0. The molecule has 0 bridgehead atoms. The van der Waals surface area contributed by atoms with Crippen LogP contribution in [0, 0.1) is 0 Å². The number of hydrogen-bond acceptors (Lipinski definition) is 3. The average Bonchev–Trinajstić information content (AvgIpc) is 3.33. The van der Waals surface area contributed by atoms with Crippen LogP contribution in [0.3, 0.4) is 0 Å². The van der Waals surface area contributed by atoms with Crippen molar-refractivity contribution < 1.29 is 9.59 Å². The zero-order valence-electron chi connectivity index (χ0n) is 18.4. The van der Waals surface area contributed by atoms with Gasteiger partial charge in [-0.1, -0.05) is 84.9 Å². The number of ketones is 1. The monoisotopic (exact) mass is 445 g/mol. The van der Waals surface area contributed by atoms with E-state index in [0.717, 1.165) is 16.6 Å². The van der Waals surface area contributed by atoms with Crippen molar-refractivity contribution in [2.75, 3.05) is 0 Å². The molecule has 5 nitrogen and oxygen atoms in total. The normalized spacial score (nSPS) is 11.8. The van der Waals surface area contributed by atoms with Crippen LogP contribution in [-0.4, -0.2) is 21.7 Å². The van der Waals surface area contributed by atoms with E-state index >= 15 is 0 Å². The van der Waals surface area contributed by atoms with Crippen LogP contribution in [0.25, 0.3) is 11.0 Å². The van der Waals surface area contributed by atoms with Crippen LogP contribution in [-0.2, 0) is 6.42 Å². The summed E-state index contributed by atoms with van der Waals surface area (Å²) in [5.74, 6) is 0.408. The molecule has 0 aliphatic rings. The van der Waals surface area contributed by atoms with Gasteiger partial charge in [0.1, 0.15) is 5.82 Å². The van der Waals surface area contributed by atoms with Gasteiger partial charge in [-0.05, 0) is 36.2 Å². The van der Waals surface area contributed by atoms with Gasteiger partial charge in [0.25, 0.3) is 5.91 Å². The molecule has 5 heteroatoms. The van der Waals surface area contributed by atoms with E-state index in [1.807, 2.05) is 72.8 Å². The summed E-state index contributed by atoms with van der Waals surface area (Å²) in [4.78, 5) is 33.9. The van der Waals surface area contributed by atoms with Gasteiger partial charge in [-0.25, -0.2) is 4.98 Å². The summed E-state index contributed by atoms with van der Waals surface area (Å²) in [7, 11) is 0. The van der Waals surface area contributed by atoms with E-state index in [-0.39, 0.29) is 17.7 Å². The molecule has 0 radical (unpaired) electrons. The van der Waals surface area contributed by atoms with E-state index < -0.39 is 0 Å². The minimum atomic E-state index is -0.340. The molecule has 1 unspecified atom stereocenters. The zero-order valence-corrected chi connectivity index (χ0v) is 18.4. The zero-order chi connectivity index (χ0) is 23.3. The van der Waals surface area contributed by atoms with Crippen LogP contribution >= 0.6 is 0 Å². The molecule has 1 heterocycles. The number of nitrogens with one attached hydrogen (secondary N) is 2. The molecule has 166 valence electrons.